The lowest BCUT2D eigenvalue weighted by molar-refractivity contribution is -0.225. The Morgan fingerprint density at radius 2 is 1.90 bits per heavy atom. The third-order valence-electron chi connectivity index (χ3n) is 7.39. The van der Waals surface area contributed by atoms with Gasteiger partial charge in [0.25, 0.3) is 5.79 Å². The van der Waals surface area contributed by atoms with E-state index in [0.29, 0.717) is 23.3 Å². The Morgan fingerprint density at radius 3 is 2.69 bits per heavy atom. The summed E-state index contributed by atoms with van der Waals surface area (Å²) in [6.45, 7) is 6.34. The highest BCUT2D eigenvalue weighted by Crippen LogP contribution is 2.64. The molecule has 1 unspecified atom stereocenters. The van der Waals surface area contributed by atoms with Gasteiger partial charge in [-0.15, -0.1) is 0 Å². The number of carbonyl (C=O) groups excluding carboxylic acids is 1. The van der Waals surface area contributed by atoms with Crippen LogP contribution < -0.4 is 14.2 Å². The third-order valence-corrected chi connectivity index (χ3v) is 7.39. The van der Waals surface area contributed by atoms with Crippen molar-refractivity contribution in [3.8, 4) is 17.2 Å². The van der Waals surface area contributed by atoms with E-state index in [1.165, 1.54) is 6.92 Å². The molecule has 1 aromatic rings. The normalized spacial score (nSPS) is 40.6. The van der Waals surface area contributed by atoms with Crippen molar-refractivity contribution in [3.63, 3.8) is 0 Å². The molecule has 1 aromatic carbocycles. The van der Waals surface area contributed by atoms with Crippen LogP contribution in [0.25, 0.3) is 0 Å². The van der Waals surface area contributed by atoms with Gasteiger partial charge in [-0.2, -0.15) is 0 Å². The first-order chi connectivity index (χ1) is 14.0. The highest BCUT2D eigenvalue weighted by atomic mass is 16.8. The van der Waals surface area contributed by atoms with E-state index in [-0.39, 0.29) is 43.4 Å². The van der Waals surface area contributed by atoms with E-state index < -0.39 is 5.79 Å². The summed E-state index contributed by atoms with van der Waals surface area (Å²) in [6.07, 6.45) is 2.46. The zero-order valence-electron chi connectivity index (χ0n) is 16.7. The highest BCUT2D eigenvalue weighted by Gasteiger charge is 2.66. The number of hydrogen-bond donors (Lipinski definition) is 0. The first-order valence-corrected chi connectivity index (χ1v) is 10.3. The number of hydrogen-bond acceptors (Lipinski definition) is 7. The smallest absolute Gasteiger partial charge is 0.303 e. The fourth-order valence-electron chi connectivity index (χ4n) is 6.03. The van der Waals surface area contributed by atoms with Crippen LogP contribution in [0, 0.1) is 23.7 Å². The minimum Gasteiger partial charge on any atom is -0.465 e. The molecule has 0 amide bonds. The predicted octanol–water partition coefficient (Wildman–Crippen LogP) is 3.33. The summed E-state index contributed by atoms with van der Waals surface area (Å²) < 4.78 is 35.5. The Kier molecular flexibility index (Phi) is 3.50. The second-order valence-electron chi connectivity index (χ2n) is 8.81. The van der Waals surface area contributed by atoms with Crippen LogP contribution in [0.15, 0.2) is 24.0 Å². The Morgan fingerprint density at radius 1 is 1.10 bits per heavy atom. The van der Waals surface area contributed by atoms with Gasteiger partial charge in [0.15, 0.2) is 24.1 Å². The summed E-state index contributed by atoms with van der Waals surface area (Å²) in [4.78, 5) is 11.8. The standard InChI is InChI=1S/C22H24O7/c1-10-4-14-15(28-12(3)23)7-19-22(27-9-26-19)21(14)20(11(10)2)13-5-17-18(25-8-24-17)6-16(13)29-22/h5-7,10-11,14-15,20-21H,4,8-9H2,1-3H3/t10-,11+,14+,15?,20+,21+,22+/m1/s1. The fraction of sp³-hybridized carbons (Fsp3) is 0.591. The fourth-order valence-corrected chi connectivity index (χ4v) is 6.03. The van der Waals surface area contributed by atoms with Crippen LogP contribution in [0.5, 0.6) is 17.2 Å². The van der Waals surface area contributed by atoms with Gasteiger partial charge >= 0.3 is 5.97 Å². The largest absolute Gasteiger partial charge is 0.465 e. The molecule has 7 nitrogen and oxygen atoms in total. The topological polar surface area (TPSA) is 72.5 Å². The molecular weight excluding hydrogens is 376 g/mol. The van der Waals surface area contributed by atoms with Gasteiger partial charge in [-0.25, -0.2) is 0 Å². The Hall–Kier alpha value is -2.41. The molecule has 0 aromatic heterocycles. The molecule has 0 N–H and O–H groups in total. The molecule has 7 atom stereocenters. The lowest BCUT2D eigenvalue weighted by atomic mass is 9.54. The summed E-state index contributed by atoms with van der Waals surface area (Å²) in [5, 5.41) is 0. The van der Waals surface area contributed by atoms with E-state index in [9.17, 15) is 4.79 Å². The summed E-state index contributed by atoms with van der Waals surface area (Å²) in [6, 6.07) is 3.95. The molecule has 3 heterocycles. The molecular formula is C22H24O7. The lowest BCUT2D eigenvalue weighted by Gasteiger charge is -2.56. The lowest BCUT2D eigenvalue weighted by Crippen LogP contribution is -2.61. The van der Waals surface area contributed by atoms with Gasteiger partial charge in [0, 0.05) is 42.4 Å². The molecule has 0 radical (unpaired) electrons. The van der Waals surface area contributed by atoms with Crippen molar-refractivity contribution in [2.45, 2.75) is 45.0 Å². The van der Waals surface area contributed by atoms with Gasteiger partial charge in [0.2, 0.25) is 6.79 Å². The molecule has 2 fully saturated rings. The number of ether oxygens (including phenoxy) is 6. The van der Waals surface area contributed by atoms with Crippen LogP contribution in [-0.2, 0) is 19.0 Å². The van der Waals surface area contributed by atoms with E-state index in [0.717, 1.165) is 23.5 Å². The van der Waals surface area contributed by atoms with Crippen LogP contribution in [-0.4, -0.2) is 31.4 Å². The van der Waals surface area contributed by atoms with Crippen molar-refractivity contribution in [1.82, 2.24) is 0 Å². The van der Waals surface area contributed by atoms with Gasteiger partial charge in [0.1, 0.15) is 11.9 Å². The number of esters is 1. The number of rotatable bonds is 1. The molecule has 6 rings (SSSR count). The minimum absolute atomic E-state index is 0.0200. The molecule has 0 bridgehead atoms. The van der Waals surface area contributed by atoms with Crippen molar-refractivity contribution in [1.29, 1.82) is 0 Å². The van der Waals surface area contributed by atoms with Gasteiger partial charge in [-0.1, -0.05) is 13.8 Å². The third kappa shape index (κ3) is 2.25. The Bertz CT molecular complexity index is 924. The predicted molar refractivity (Wildman–Crippen MR) is 99.3 cm³/mol. The molecule has 5 aliphatic rings. The van der Waals surface area contributed by atoms with Crippen LogP contribution in [0.4, 0.5) is 0 Å². The van der Waals surface area contributed by atoms with E-state index >= 15 is 0 Å². The molecule has 1 spiro atoms. The second kappa shape index (κ2) is 5.81. The monoisotopic (exact) mass is 400 g/mol. The second-order valence-corrected chi connectivity index (χ2v) is 8.81. The van der Waals surface area contributed by atoms with Crippen molar-refractivity contribution in [3.05, 3.63) is 29.5 Å². The van der Waals surface area contributed by atoms with Crippen molar-refractivity contribution >= 4 is 5.97 Å². The molecule has 1 saturated heterocycles. The van der Waals surface area contributed by atoms with Crippen LogP contribution in [0.1, 0.15) is 38.7 Å². The average molecular weight is 400 g/mol. The van der Waals surface area contributed by atoms with Crippen molar-refractivity contribution in [2.24, 2.45) is 23.7 Å². The van der Waals surface area contributed by atoms with Gasteiger partial charge in [-0.3, -0.25) is 9.53 Å². The molecule has 154 valence electrons. The van der Waals surface area contributed by atoms with Gasteiger partial charge in [0.05, 0.1) is 0 Å². The molecule has 7 heteroatoms. The molecule has 2 aliphatic carbocycles. The van der Waals surface area contributed by atoms with Crippen molar-refractivity contribution < 1.29 is 33.2 Å². The summed E-state index contributed by atoms with van der Waals surface area (Å²) in [5.74, 6) is 2.57. The van der Waals surface area contributed by atoms with E-state index in [1.54, 1.807) is 0 Å². The quantitative estimate of drug-likeness (QED) is 0.670. The number of carbonyl (C=O) groups is 1. The van der Waals surface area contributed by atoms with Crippen LogP contribution >= 0.6 is 0 Å². The summed E-state index contributed by atoms with van der Waals surface area (Å²) in [5.41, 5.74) is 1.10. The first kappa shape index (κ1) is 17.4. The summed E-state index contributed by atoms with van der Waals surface area (Å²) >= 11 is 0. The highest BCUT2D eigenvalue weighted by molar-refractivity contribution is 5.66. The first-order valence-electron chi connectivity index (χ1n) is 10.3. The van der Waals surface area contributed by atoms with Gasteiger partial charge in [-0.05, 0) is 24.3 Å². The zero-order chi connectivity index (χ0) is 19.9. The number of benzene rings is 1. The summed E-state index contributed by atoms with van der Waals surface area (Å²) in [7, 11) is 0. The maximum absolute atomic E-state index is 11.8. The molecule has 1 saturated carbocycles. The van der Waals surface area contributed by atoms with E-state index in [4.69, 9.17) is 28.4 Å². The zero-order valence-corrected chi connectivity index (χ0v) is 16.7. The molecule has 29 heavy (non-hydrogen) atoms. The van der Waals surface area contributed by atoms with Gasteiger partial charge < -0.3 is 23.7 Å². The van der Waals surface area contributed by atoms with E-state index in [2.05, 4.69) is 19.9 Å². The van der Waals surface area contributed by atoms with Crippen LogP contribution in [0.3, 0.4) is 0 Å². The van der Waals surface area contributed by atoms with Crippen molar-refractivity contribution in [2.75, 3.05) is 13.6 Å². The molecule has 3 aliphatic heterocycles. The Labute approximate surface area is 168 Å². The Balaban J connectivity index is 1.55. The maximum atomic E-state index is 11.8. The average Bonchev–Trinajstić information content (AvgIpc) is 3.29. The minimum atomic E-state index is -0.985. The SMILES string of the molecule is CC(=O)OC1C=C2OCO[C@]23Oc2cc4c(cc2[C@@H]2[C@@H](C)[C@H](C)C[C@@H]1[C@@H]23)OCO4. The maximum Gasteiger partial charge on any atom is 0.303 e. The number of fused-ring (bicyclic) bond motifs is 3. The van der Waals surface area contributed by atoms with E-state index in [1.807, 2.05) is 12.1 Å². The van der Waals surface area contributed by atoms with Crippen LogP contribution in [0.2, 0.25) is 0 Å².